The van der Waals surface area contributed by atoms with Gasteiger partial charge in [-0.05, 0) is 18.2 Å². The van der Waals surface area contributed by atoms with Gasteiger partial charge in [0.15, 0.2) is 16.0 Å². The van der Waals surface area contributed by atoms with E-state index in [0.717, 1.165) is 11.4 Å². The summed E-state index contributed by atoms with van der Waals surface area (Å²) in [5, 5.41) is 0. The molecular formula is C14H9N4S+. The third kappa shape index (κ3) is 1.11. The van der Waals surface area contributed by atoms with Crippen molar-refractivity contribution in [2.75, 3.05) is 0 Å². The molecule has 0 saturated heterocycles. The van der Waals surface area contributed by atoms with E-state index in [9.17, 15) is 0 Å². The van der Waals surface area contributed by atoms with Crippen molar-refractivity contribution in [3.8, 4) is 11.3 Å². The maximum Gasteiger partial charge on any atom is 0.251 e. The van der Waals surface area contributed by atoms with Crippen LogP contribution in [0.5, 0.6) is 0 Å². The number of pyridine rings is 2. The maximum absolute atomic E-state index is 4.45. The third-order valence-corrected chi connectivity index (χ3v) is 4.76. The minimum atomic E-state index is 0.911. The number of nitrogens with zero attached hydrogens (tertiary/aromatic N) is 4. The quantitative estimate of drug-likeness (QED) is 0.402. The second-order valence-corrected chi connectivity index (χ2v) is 5.71. The molecule has 0 aliphatic carbocycles. The van der Waals surface area contributed by atoms with Crippen molar-refractivity contribution in [3.63, 3.8) is 0 Å². The second-order valence-electron chi connectivity index (χ2n) is 4.73. The fourth-order valence-electron chi connectivity index (χ4n) is 2.85. The molecule has 4 nitrogen and oxygen atoms in total. The van der Waals surface area contributed by atoms with E-state index in [1.165, 1.54) is 27.2 Å². The average molecular weight is 265 g/mol. The lowest BCUT2D eigenvalue weighted by Crippen LogP contribution is -2.29. The van der Waals surface area contributed by atoms with Gasteiger partial charge < -0.3 is 0 Å². The van der Waals surface area contributed by atoms with Crippen molar-refractivity contribution in [1.82, 2.24) is 14.4 Å². The summed E-state index contributed by atoms with van der Waals surface area (Å²) >= 11 is 1.75. The van der Waals surface area contributed by atoms with Crippen molar-refractivity contribution in [2.45, 2.75) is 6.54 Å². The standard InChI is InChI=1S/C14H9N4S/c1-2-11-13(16-4-1)19-14-12-10-3-5-15-6-9(10)7-17(12)8-18(11)14/h1-6,8H,7H2/q+1. The van der Waals surface area contributed by atoms with Gasteiger partial charge in [-0.3, -0.25) is 4.98 Å². The molecule has 0 spiro atoms. The predicted molar refractivity (Wildman–Crippen MR) is 73.1 cm³/mol. The van der Waals surface area contributed by atoms with Gasteiger partial charge in [0, 0.05) is 29.7 Å². The van der Waals surface area contributed by atoms with Crippen LogP contribution >= 0.6 is 11.3 Å². The van der Waals surface area contributed by atoms with Gasteiger partial charge in [-0.1, -0.05) is 11.3 Å². The Morgan fingerprint density at radius 2 is 2.26 bits per heavy atom. The normalized spacial score (nSPS) is 13.1. The largest absolute Gasteiger partial charge is 0.264 e. The fraction of sp³-hybridized carbons (Fsp3) is 0.0714. The highest BCUT2D eigenvalue weighted by molar-refractivity contribution is 7.24. The summed E-state index contributed by atoms with van der Waals surface area (Å²) in [6.07, 6.45) is 7.85. The Morgan fingerprint density at radius 1 is 1.26 bits per heavy atom. The van der Waals surface area contributed by atoms with Gasteiger partial charge in [0.05, 0.1) is 0 Å². The molecule has 5 rings (SSSR count). The first-order chi connectivity index (χ1) is 9.42. The van der Waals surface area contributed by atoms with Crippen molar-refractivity contribution < 1.29 is 4.57 Å². The summed E-state index contributed by atoms with van der Waals surface area (Å²) in [7, 11) is 0. The van der Waals surface area contributed by atoms with E-state index < -0.39 is 0 Å². The number of rotatable bonds is 0. The first-order valence-electron chi connectivity index (χ1n) is 6.13. The van der Waals surface area contributed by atoms with Crippen LogP contribution in [0.2, 0.25) is 0 Å². The zero-order valence-corrected chi connectivity index (χ0v) is 10.8. The van der Waals surface area contributed by atoms with Gasteiger partial charge in [0.25, 0.3) is 6.33 Å². The molecule has 0 unspecified atom stereocenters. The molecule has 1 aliphatic rings. The Kier molecular flexibility index (Phi) is 1.62. The fourth-order valence-corrected chi connectivity index (χ4v) is 3.98. The topological polar surface area (TPSA) is 34.1 Å². The molecule has 5 heterocycles. The molecular weight excluding hydrogens is 256 g/mol. The van der Waals surface area contributed by atoms with Crippen molar-refractivity contribution in [2.24, 2.45) is 0 Å². The number of aromatic nitrogens is 4. The number of hydrogen-bond acceptors (Lipinski definition) is 3. The lowest BCUT2D eigenvalue weighted by atomic mass is 10.1. The molecule has 0 bridgehead atoms. The van der Waals surface area contributed by atoms with Gasteiger partial charge >= 0.3 is 0 Å². The molecule has 0 fully saturated rings. The van der Waals surface area contributed by atoms with E-state index in [1.54, 1.807) is 11.3 Å². The maximum atomic E-state index is 4.45. The summed E-state index contributed by atoms with van der Waals surface area (Å²) in [6.45, 7) is 0.911. The van der Waals surface area contributed by atoms with Gasteiger partial charge in [0.1, 0.15) is 6.54 Å². The molecule has 0 N–H and O–H groups in total. The number of fused-ring (bicyclic) bond motifs is 7. The summed E-state index contributed by atoms with van der Waals surface area (Å²) in [5.41, 5.74) is 5.06. The van der Waals surface area contributed by atoms with Crippen molar-refractivity contribution in [3.05, 3.63) is 48.7 Å². The molecule has 0 saturated carbocycles. The van der Waals surface area contributed by atoms with Crippen LogP contribution in [0.15, 0.2) is 43.1 Å². The second kappa shape index (κ2) is 3.19. The monoisotopic (exact) mass is 265 g/mol. The molecule has 19 heavy (non-hydrogen) atoms. The van der Waals surface area contributed by atoms with Gasteiger partial charge in [-0.25, -0.2) is 9.55 Å². The Bertz CT molecular complexity index is 951. The molecule has 0 radical (unpaired) electrons. The van der Waals surface area contributed by atoms with Gasteiger partial charge in [-0.2, -0.15) is 4.40 Å². The highest BCUT2D eigenvalue weighted by Crippen LogP contribution is 2.35. The van der Waals surface area contributed by atoms with Gasteiger partial charge in [0.2, 0.25) is 4.83 Å². The Labute approximate surface area is 112 Å². The van der Waals surface area contributed by atoms with Gasteiger partial charge in [-0.15, -0.1) is 0 Å². The van der Waals surface area contributed by atoms with E-state index in [2.05, 4.69) is 37.4 Å². The number of thiazole rings is 1. The zero-order chi connectivity index (χ0) is 12.4. The molecule has 0 amide bonds. The molecule has 1 aliphatic heterocycles. The van der Waals surface area contributed by atoms with Crippen LogP contribution in [0, 0.1) is 0 Å². The van der Waals surface area contributed by atoms with Crippen molar-refractivity contribution in [1.29, 1.82) is 0 Å². The lowest BCUT2D eigenvalue weighted by Gasteiger charge is -1.91. The van der Waals surface area contributed by atoms with E-state index in [4.69, 9.17) is 0 Å². The average Bonchev–Trinajstić information content (AvgIpc) is 3.05. The smallest absolute Gasteiger partial charge is 0.251 e. The van der Waals surface area contributed by atoms with Crippen LogP contribution in [0.4, 0.5) is 0 Å². The minimum absolute atomic E-state index is 0.911. The minimum Gasteiger partial charge on any atom is -0.264 e. The zero-order valence-electron chi connectivity index (χ0n) is 9.95. The van der Waals surface area contributed by atoms with Crippen LogP contribution in [0.1, 0.15) is 5.56 Å². The van der Waals surface area contributed by atoms with Crippen LogP contribution in [-0.4, -0.2) is 14.4 Å². The number of hydrogen-bond donors (Lipinski definition) is 0. The Hall–Kier alpha value is -2.27. The van der Waals surface area contributed by atoms with E-state index in [-0.39, 0.29) is 0 Å². The van der Waals surface area contributed by atoms with Crippen molar-refractivity contribution >= 4 is 26.5 Å². The van der Waals surface area contributed by atoms with Crippen LogP contribution in [0.25, 0.3) is 26.4 Å². The SMILES string of the molecule is c1cnc2sc3c4[n+](cn3c2c1)Cc1cnccc1-4. The first-order valence-corrected chi connectivity index (χ1v) is 6.95. The highest BCUT2D eigenvalue weighted by Gasteiger charge is 2.31. The van der Waals surface area contributed by atoms with E-state index in [0.29, 0.717) is 0 Å². The summed E-state index contributed by atoms with van der Waals surface area (Å²) < 4.78 is 4.54. The molecule has 90 valence electrons. The first kappa shape index (κ1) is 9.63. The Morgan fingerprint density at radius 3 is 3.26 bits per heavy atom. The summed E-state index contributed by atoms with van der Waals surface area (Å²) in [4.78, 5) is 11.0. The third-order valence-electron chi connectivity index (χ3n) is 3.67. The molecule has 4 aromatic heterocycles. The lowest BCUT2D eigenvalue weighted by molar-refractivity contribution is -0.671. The number of imidazole rings is 1. The van der Waals surface area contributed by atoms with Crippen LogP contribution in [0.3, 0.4) is 0 Å². The van der Waals surface area contributed by atoms with E-state index >= 15 is 0 Å². The van der Waals surface area contributed by atoms with E-state index in [1.807, 2.05) is 24.7 Å². The van der Waals surface area contributed by atoms with Crippen LogP contribution in [-0.2, 0) is 6.54 Å². The molecule has 4 aromatic rings. The Balaban J connectivity index is 1.97. The molecule has 0 atom stereocenters. The molecule has 0 aromatic carbocycles. The molecule has 5 heteroatoms. The summed E-state index contributed by atoms with van der Waals surface area (Å²) in [5.74, 6) is 0. The highest BCUT2D eigenvalue weighted by atomic mass is 32.1. The van der Waals surface area contributed by atoms with Crippen LogP contribution < -0.4 is 4.57 Å². The summed E-state index contributed by atoms with van der Waals surface area (Å²) in [6, 6.07) is 6.21. The predicted octanol–water partition coefficient (Wildman–Crippen LogP) is 2.26.